The molecule has 0 aliphatic rings. The minimum Gasteiger partial charge on any atom is -0.354 e. The molecule has 1 aromatic heterocycles. The van der Waals surface area contributed by atoms with Gasteiger partial charge in [0.15, 0.2) is 5.96 Å². The van der Waals surface area contributed by atoms with Crippen LogP contribution in [0.2, 0.25) is 0 Å². The monoisotopic (exact) mass is 349 g/mol. The third-order valence-corrected chi connectivity index (χ3v) is 3.92. The van der Waals surface area contributed by atoms with Crippen LogP contribution in [0.15, 0.2) is 52.5 Å². The standard InChI is InChI=1S/C15H20BrN5/c1-17-15(19-8-10-21-9-7-18-12-21)20(2)11-13-5-3-4-6-14(13)16/h3-7,9,12H,8,10-11H2,1-2H3,(H,17,19). The summed E-state index contributed by atoms with van der Waals surface area (Å²) >= 11 is 3.58. The summed E-state index contributed by atoms with van der Waals surface area (Å²) in [6, 6.07) is 8.23. The van der Waals surface area contributed by atoms with Gasteiger partial charge in [-0.3, -0.25) is 4.99 Å². The van der Waals surface area contributed by atoms with Crippen LogP contribution in [0.1, 0.15) is 5.56 Å². The Bertz CT molecular complexity index is 580. The summed E-state index contributed by atoms with van der Waals surface area (Å²) in [7, 11) is 3.84. The summed E-state index contributed by atoms with van der Waals surface area (Å²) in [5.41, 5.74) is 1.23. The van der Waals surface area contributed by atoms with E-state index in [0.717, 1.165) is 30.1 Å². The summed E-state index contributed by atoms with van der Waals surface area (Å²) in [4.78, 5) is 10.5. The summed E-state index contributed by atoms with van der Waals surface area (Å²) in [5.74, 6) is 0.880. The van der Waals surface area contributed by atoms with Gasteiger partial charge < -0.3 is 14.8 Å². The highest BCUT2D eigenvalue weighted by Crippen LogP contribution is 2.17. The van der Waals surface area contributed by atoms with Crippen molar-refractivity contribution in [2.24, 2.45) is 4.99 Å². The number of hydrogen-bond acceptors (Lipinski definition) is 2. The van der Waals surface area contributed by atoms with Crippen molar-refractivity contribution in [1.29, 1.82) is 0 Å². The van der Waals surface area contributed by atoms with Gasteiger partial charge in [-0.05, 0) is 11.6 Å². The second-order valence-corrected chi connectivity index (χ2v) is 5.58. The van der Waals surface area contributed by atoms with E-state index in [1.165, 1.54) is 5.56 Å². The molecular weight excluding hydrogens is 330 g/mol. The van der Waals surface area contributed by atoms with Gasteiger partial charge in [-0.1, -0.05) is 34.1 Å². The second kappa shape index (κ2) is 7.83. The van der Waals surface area contributed by atoms with E-state index < -0.39 is 0 Å². The number of aliphatic imine (C=N–C) groups is 1. The van der Waals surface area contributed by atoms with Gasteiger partial charge in [0.2, 0.25) is 0 Å². The highest BCUT2D eigenvalue weighted by atomic mass is 79.9. The molecule has 1 heterocycles. The average Bonchev–Trinajstić information content (AvgIpc) is 2.99. The van der Waals surface area contributed by atoms with Gasteiger partial charge >= 0.3 is 0 Å². The summed E-state index contributed by atoms with van der Waals surface area (Å²) in [6.45, 7) is 2.47. The van der Waals surface area contributed by atoms with Crippen molar-refractivity contribution >= 4 is 21.9 Å². The lowest BCUT2D eigenvalue weighted by molar-refractivity contribution is 0.472. The number of hydrogen-bond donors (Lipinski definition) is 1. The Morgan fingerprint density at radius 2 is 2.24 bits per heavy atom. The van der Waals surface area contributed by atoms with Crippen LogP contribution in [0, 0.1) is 0 Å². The lowest BCUT2D eigenvalue weighted by Gasteiger charge is -2.22. The van der Waals surface area contributed by atoms with Crippen molar-refractivity contribution in [1.82, 2.24) is 19.8 Å². The van der Waals surface area contributed by atoms with E-state index in [1.54, 1.807) is 13.2 Å². The molecule has 2 rings (SSSR count). The van der Waals surface area contributed by atoms with Gasteiger partial charge in [-0.2, -0.15) is 0 Å². The SMILES string of the molecule is CN=C(NCCn1ccnc1)N(C)Cc1ccccc1Br. The number of imidazole rings is 1. The normalized spacial score (nSPS) is 11.5. The Morgan fingerprint density at radius 1 is 1.43 bits per heavy atom. The maximum absolute atomic E-state index is 4.32. The van der Waals surface area contributed by atoms with E-state index in [9.17, 15) is 0 Å². The summed E-state index contributed by atoms with van der Waals surface area (Å²) in [6.07, 6.45) is 5.55. The highest BCUT2D eigenvalue weighted by molar-refractivity contribution is 9.10. The number of benzene rings is 1. The molecule has 0 saturated heterocycles. The Morgan fingerprint density at radius 3 is 2.90 bits per heavy atom. The smallest absolute Gasteiger partial charge is 0.193 e. The van der Waals surface area contributed by atoms with E-state index in [4.69, 9.17) is 0 Å². The molecule has 0 fully saturated rings. The van der Waals surface area contributed by atoms with Crippen LogP contribution < -0.4 is 5.32 Å². The number of halogens is 1. The van der Waals surface area contributed by atoms with Crippen molar-refractivity contribution in [2.45, 2.75) is 13.1 Å². The van der Waals surface area contributed by atoms with Crippen LogP contribution in [0.25, 0.3) is 0 Å². The minimum absolute atomic E-state index is 0.798. The first-order valence-corrected chi connectivity index (χ1v) is 7.61. The van der Waals surface area contributed by atoms with E-state index in [1.807, 2.05) is 36.3 Å². The van der Waals surface area contributed by atoms with E-state index in [2.05, 4.69) is 48.3 Å². The molecule has 21 heavy (non-hydrogen) atoms. The molecule has 1 N–H and O–H groups in total. The Kier molecular flexibility index (Phi) is 5.80. The first-order chi connectivity index (χ1) is 10.2. The minimum atomic E-state index is 0.798. The lowest BCUT2D eigenvalue weighted by Crippen LogP contribution is -2.39. The number of rotatable bonds is 5. The molecule has 0 saturated carbocycles. The third-order valence-electron chi connectivity index (χ3n) is 3.15. The predicted molar refractivity (Wildman–Crippen MR) is 89.2 cm³/mol. The highest BCUT2D eigenvalue weighted by Gasteiger charge is 2.08. The van der Waals surface area contributed by atoms with Crippen molar-refractivity contribution in [3.8, 4) is 0 Å². The topological polar surface area (TPSA) is 45.5 Å². The number of nitrogens with one attached hydrogen (secondary N) is 1. The average molecular weight is 350 g/mol. The molecule has 112 valence electrons. The first kappa shape index (κ1) is 15.6. The fourth-order valence-corrected chi connectivity index (χ4v) is 2.47. The molecule has 0 bridgehead atoms. The van der Waals surface area contributed by atoms with Gasteiger partial charge in [0.25, 0.3) is 0 Å². The van der Waals surface area contributed by atoms with Crippen molar-refractivity contribution in [2.75, 3.05) is 20.6 Å². The fourth-order valence-electron chi connectivity index (χ4n) is 2.06. The van der Waals surface area contributed by atoms with Gasteiger partial charge in [0.1, 0.15) is 0 Å². The maximum Gasteiger partial charge on any atom is 0.193 e. The third kappa shape index (κ3) is 4.60. The van der Waals surface area contributed by atoms with Crippen molar-refractivity contribution in [3.05, 3.63) is 53.0 Å². The van der Waals surface area contributed by atoms with E-state index in [-0.39, 0.29) is 0 Å². The second-order valence-electron chi connectivity index (χ2n) is 4.72. The summed E-state index contributed by atoms with van der Waals surface area (Å²) < 4.78 is 3.15. The molecule has 2 aromatic rings. The number of nitrogens with zero attached hydrogens (tertiary/aromatic N) is 4. The number of guanidine groups is 1. The quantitative estimate of drug-likeness (QED) is 0.665. The Labute approximate surface area is 133 Å². The van der Waals surface area contributed by atoms with Crippen LogP contribution in [-0.4, -0.2) is 41.1 Å². The van der Waals surface area contributed by atoms with Gasteiger partial charge in [0.05, 0.1) is 6.33 Å². The van der Waals surface area contributed by atoms with Crippen molar-refractivity contribution in [3.63, 3.8) is 0 Å². The van der Waals surface area contributed by atoms with Crippen LogP contribution in [0.5, 0.6) is 0 Å². The molecule has 0 unspecified atom stereocenters. The van der Waals surface area contributed by atoms with Gasteiger partial charge in [0, 0.05) is 50.6 Å². The molecule has 0 aliphatic carbocycles. The molecular formula is C15H20BrN5. The zero-order valence-corrected chi connectivity index (χ0v) is 13.9. The maximum atomic E-state index is 4.32. The molecule has 0 aliphatic heterocycles. The molecule has 6 heteroatoms. The fraction of sp³-hybridized carbons (Fsp3) is 0.333. The zero-order valence-electron chi connectivity index (χ0n) is 12.3. The van der Waals surface area contributed by atoms with Crippen LogP contribution in [-0.2, 0) is 13.1 Å². The van der Waals surface area contributed by atoms with Crippen LogP contribution in [0.3, 0.4) is 0 Å². The van der Waals surface area contributed by atoms with Crippen LogP contribution >= 0.6 is 15.9 Å². The first-order valence-electron chi connectivity index (χ1n) is 6.81. The molecule has 1 aromatic carbocycles. The van der Waals surface area contributed by atoms with Crippen LogP contribution in [0.4, 0.5) is 0 Å². The van der Waals surface area contributed by atoms with Crippen molar-refractivity contribution < 1.29 is 0 Å². The molecule has 0 spiro atoms. The zero-order chi connectivity index (χ0) is 15.1. The molecule has 0 amide bonds. The van der Waals surface area contributed by atoms with E-state index >= 15 is 0 Å². The molecule has 0 atom stereocenters. The Balaban J connectivity index is 1.87. The molecule has 5 nitrogen and oxygen atoms in total. The van der Waals surface area contributed by atoms with E-state index in [0.29, 0.717) is 0 Å². The predicted octanol–water partition coefficient (Wildman–Crippen LogP) is 2.35. The lowest BCUT2D eigenvalue weighted by atomic mass is 10.2. The number of aromatic nitrogens is 2. The van der Waals surface area contributed by atoms with Gasteiger partial charge in [-0.15, -0.1) is 0 Å². The largest absolute Gasteiger partial charge is 0.354 e. The summed E-state index contributed by atoms with van der Waals surface area (Å²) in [5, 5.41) is 3.36. The molecule has 0 radical (unpaired) electrons. The Hall–Kier alpha value is -1.82. The van der Waals surface area contributed by atoms with Gasteiger partial charge in [-0.25, -0.2) is 4.98 Å².